The number of benzene rings is 1. The summed E-state index contributed by atoms with van der Waals surface area (Å²) in [4.78, 5) is 3.15. The Labute approximate surface area is 99.8 Å². The van der Waals surface area contributed by atoms with Crippen LogP contribution in [0.5, 0.6) is 0 Å². The molecule has 1 aromatic heterocycles. The van der Waals surface area contributed by atoms with Crippen LogP contribution in [-0.4, -0.2) is 4.98 Å². The minimum Gasteiger partial charge on any atom is -0.360 e. The lowest BCUT2D eigenvalue weighted by molar-refractivity contribution is 0.462. The average molecular weight is 235 g/mol. The van der Waals surface area contributed by atoms with Gasteiger partial charge in [-0.05, 0) is 30.5 Å². The predicted octanol–water partition coefficient (Wildman–Crippen LogP) is 3.55. The van der Waals surface area contributed by atoms with Gasteiger partial charge < -0.3 is 10.7 Å². The first-order valence-electron chi connectivity index (χ1n) is 5.75. The highest BCUT2D eigenvalue weighted by Gasteiger charge is 2.31. The number of nitrogens with one attached hydrogen (secondary N) is 1. The van der Waals surface area contributed by atoms with E-state index in [2.05, 4.69) is 23.2 Å². The van der Waals surface area contributed by atoms with Crippen molar-refractivity contribution in [3.63, 3.8) is 0 Å². The third-order valence-corrected chi connectivity index (χ3v) is 4.01. The van der Waals surface area contributed by atoms with Gasteiger partial charge in [0.2, 0.25) is 0 Å². The number of halogens is 1. The third-order valence-electron chi connectivity index (χ3n) is 3.70. The largest absolute Gasteiger partial charge is 0.360 e. The SMILES string of the molecule is NC1(c2ccc3[nH]cc(Cl)c3c2)CCCC1. The Balaban J connectivity index is 2.13. The third kappa shape index (κ3) is 1.45. The van der Waals surface area contributed by atoms with E-state index in [9.17, 15) is 0 Å². The number of hydrogen-bond acceptors (Lipinski definition) is 1. The van der Waals surface area contributed by atoms with Crippen LogP contribution in [0.3, 0.4) is 0 Å². The fraction of sp³-hybridized carbons (Fsp3) is 0.385. The Hall–Kier alpha value is -0.990. The monoisotopic (exact) mass is 234 g/mol. The van der Waals surface area contributed by atoms with Crippen LogP contribution in [-0.2, 0) is 5.54 Å². The second-order valence-corrected chi connectivity index (χ2v) is 5.17. The van der Waals surface area contributed by atoms with E-state index in [1.165, 1.54) is 18.4 Å². The zero-order valence-corrected chi connectivity index (χ0v) is 9.85. The zero-order chi connectivity index (χ0) is 11.2. The van der Waals surface area contributed by atoms with E-state index in [-0.39, 0.29) is 5.54 Å². The molecular formula is C13H15ClN2. The highest BCUT2D eigenvalue weighted by atomic mass is 35.5. The number of rotatable bonds is 1. The molecule has 0 saturated heterocycles. The van der Waals surface area contributed by atoms with Gasteiger partial charge in [0.15, 0.2) is 0 Å². The van der Waals surface area contributed by atoms with E-state index in [1.807, 2.05) is 6.20 Å². The van der Waals surface area contributed by atoms with Gasteiger partial charge in [-0.2, -0.15) is 0 Å². The van der Waals surface area contributed by atoms with Crippen LogP contribution in [0.25, 0.3) is 10.9 Å². The highest BCUT2D eigenvalue weighted by Crippen LogP contribution is 2.38. The summed E-state index contributed by atoms with van der Waals surface area (Å²) in [6.07, 6.45) is 6.46. The molecule has 1 aliphatic carbocycles. The summed E-state index contributed by atoms with van der Waals surface area (Å²) in [6.45, 7) is 0. The van der Waals surface area contributed by atoms with Gasteiger partial charge in [0.25, 0.3) is 0 Å². The number of H-pyrrole nitrogens is 1. The highest BCUT2D eigenvalue weighted by molar-refractivity contribution is 6.35. The van der Waals surface area contributed by atoms with E-state index >= 15 is 0 Å². The molecule has 84 valence electrons. The Morgan fingerprint density at radius 2 is 2.00 bits per heavy atom. The minimum atomic E-state index is -0.130. The summed E-state index contributed by atoms with van der Waals surface area (Å²) in [6, 6.07) is 6.34. The summed E-state index contributed by atoms with van der Waals surface area (Å²) < 4.78 is 0. The van der Waals surface area contributed by atoms with Crippen molar-refractivity contribution >= 4 is 22.5 Å². The molecule has 1 aliphatic rings. The standard InChI is InChI=1S/C13H15ClN2/c14-11-8-16-12-4-3-9(7-10(11)12)13(15)5-1-2-6-13/h3-4,7-8,16H,1-2,5-6,15H2. The first kappa shape index (κ1) is 10.2. The molecule has 0 spiro atoms. The van der Waals surface area contributed by atoms with Gasteiger partial charge in [-0.1, -0.05) is 30.5 Å². The van der Waals surface area contributed by atoms with Crippen molar-refractivity contribution in [2.45, 2.75) is 31.2 Å². The molecule has 3 N–H and O–H groups in total. The van der Waals surface area contributed by atoms with Crippen molar-refractivity contribution < 1.29 is 0 Å². The van der Waals surface area contributed by atoms with Gasteiger partial charge in [0.1, 0.15) is 0 Å². The Bertz CT molecular complexity index is 524. The number of hydrogen-bond donors (Lipinski definition) is 2. The molecule has 3 rings (SSSR count). The van der Waals surface area contributed by atoms with Crippen LogP contribution in [0, 0.1) is 0 Å². The van der Waals surface area contributed by atoms with Crippen LogP contribution < -0.4 is 5.73 Å². The molecule has 0 amide bonds. The topological polar surface area (TPSA) is 41.8 Å². The maximum atomic E-state index is 6.44. The van der Waals surface area contributed by atoms with Crippen molar-refractivity contribution in [2.75, 3.05) is 0 Å². The molecule has 1 aromatic carbocycles. The van der Waals surface area contributed by atoms with Gasteiger partial charge in [-0.25, -0.2) is 0 Å². The van der Waals surface area contributed by atoms with Crippen LogP contribution in [0.15, 0.2) is 24.4 Å². The molecule has 1 heterocycles. The van der Waals surface area contributed by atoms with E-state index in [0.29, 0.717) is 0 Å². The van der Waals surface area contributed by atoms with Gasteiger partial charge in [0, 0.05) is 22.6 Å². The van der Waals surface area contributed by atoms with E-state index in [1.54, 1.807) is 0 Å². The number of nitrogens with two attached hydrogens (primary N) is 1. The van der Waals surface area contributed by atoms with Crippen molar-refractivity contribution in [2.24, 2.45) is 5.73 Å². The number of aromatic amines is 1. The smallest absolute Gasteiger partial charge is 0.0659 e. The molecule has 2 nitrogen and oxygen atoms in total. The summed E-state index contributed by atoms with van der Waals surface area (Å²) in [5, 5.41) is 1.86. The molecule has 0 unspecified atom stereocenters. The molecule has 2 aromatic rings. The van der Waals surface area contributed by atoms with Gasteiger partial charge in [0.05, 0.1) is 5.02 Å². The normalized spacial score (nSPS) is 19.4. The van der Waals surface area contributed by atoms with Gasteiger partial charge in [-0.15, -0.1) is 0 Å². The van der Waals surface area contributed by atoms with Gasteiger partial charge >= 0.3 is 0 Å². The molecule has 0 aliphatic heterocycles. The fourth-order valence-corrected chi connectivity index (χ4v) is 2.90. The molecule has 1 saturated carbocycles. The van der Waals surface area contributed by atoms with Crippen molar-refractivity contribution in [3.8, 4) is 0 Å². The summed E-state index contributed by atoms with van der Waals surface area (Å²) in [5.41, 5.74) is 8.61. The summed E-state index contributed by atoms with van der Waals surface area (Å²) >= 11 is 6.12. The Morgan fingerprint density at radius 3 is 2.75 bits per heavy atom. The van der Waals surface area contributed by atoms with Crippen LogP contribution >= 0.6 is 11.6 Å². The van der Waals surface area contributed by atoms with Crippen molar-refractivity contribution in [1.29, 1.82) is 0 Å². The van der Waals surface area contributed by atoms with E-state index in [0.717, 1.165) is 28.8 Å². The molecule has 3 heteroatoms. The lowest BCUT2D eigenvalue weighted by atomic mass is 9.89. The lowest BCUT2D eigenvalue weighted by Crippen LogP contribution is -2.32. The molecule has 16 heavy (non-hydrogen) atoms. The molecule has 0 bridgehead atoms. The molecule has 1 fully saturated rings. The summed E-state index contributed by atoms with van der Waals surface area (Å²) in [5.74, 6) is 0. The maximum absolute atomic E-state index is 6.44. The first-order valence-corrected chi connectivity index (χ1v) is 6.13. The predicted molar refractivity (Wildman–Crippen MR) is 67.6 cm³/mol. The second-order valence-electron chi connectivity index (χ2n) is 4.76. The second kappa shape index (κ2) is 3.51. The Morgan fingerprint density at radius 1 is 1.25 bits per heavy atom. The van der Waals surface area contributed by atoms with Crippen LogP contribution in [0.1, 0.15) is 31.2 Å². The van der Waals surface area contributed by atoms with Crippen molar-refractivity contribution in [3.05, 3.63) is 35.0 Å². The van der Waals surface area contributed by atoms with E-state index in [4.69, 9.17) is 17.3 Å². The van der Waals surface area contributed by atoms with Crippen LogP contribution in [0.4, 0.5) is 0 Å². The molecule has 0 atom stereocenters. The van der Waals surface area contributed by atoms with Crippen molar-refractivity contribution in [1.82, 2.24) is 4.98 Å². The quantitative estimate of drug-likeness (QED) is 0.779. The van der Waals surface area contributed by atoms with Crippen LogP contribution in [0.2, 0.25) is 5.02 Å². The van der Waals surface area contributed by atoms with Gasteiger partial charge in [-0.3, -0.25) is 0 Å². The fourth-order valence-electron chi connectivity index (χ4n) is 2.69. The maximum Gasteiger partial charge on any atom is 0.0659 e. The summed E-state index contributed by atoms with van der Waals surface area (Å²) in [7, 11) is 0. The lowest BCUT2D eigenvalue weighted by Gasteiger charge is -2.24. The average Bonchev–Trinajstić information content (AvgIpc) is 2.87. The zero-order valence-electron chi connectivity index (χ0n) is 9.09. The molecular weight excluding hydrogens is 220 g/mol. The Kier molecular flexibility index (Phi) is 2.23. The number of fused-ring (bicyclic) bond motifs is 1. The first-order chi connectivity index (χ1) is 7.69. The minimum absolute atomic E-state index is 0.130. The van der Waals surface area contributed by atoms with E-state index < -0.39 is 0 Å². The number of aromatic nitrogens is 1. The molecule has 0 radical (unpaired) electrons.